The molecule has 2 rings (SSSR count). The summed E-state index contributed by atoms with van der Waals surface area (Å²) >= 11 is 7.60. The van der Waals surface area contributed by atoms with Gasteiger partial charge in [0.15, 0.2) is 0 Å². The number of carbonyl (C=O) groups excluding carboxylic acids is 2. The second-order valence-corrected chi connectivity index (χ2v) is 7.70. The molecular formula is C21H24ClFN2O2S. The van der Waals surface area contributed by atoms with Crippen molar-refractivity contribution in [3.8, 4) is 0 Å². The number of benzene rings is 2. The first kappa shape index (κ1) is 22.2. The number of amides is 2. The predicted octanol–water partition coefficient (Wildman–Crippen LogP) is 4.27. The molecule has 0 aromatic heterocycles. The Balaban J connectivity index is 2.05. The van der Waals surface area contributed by atoms with E-state index in [1.165, 1.54) is 28.8 Å². The average molecular weight is 423 g/mol. The van der Waals surface area contributed by atoms with Gasteiger partial charge in [-0.3, -0.25) is 9.59 Å². The predicted molar refractivity (Wildman–Crippen MR) is 113 cm³/mol. The third kappa shape index (κ3) is 6.53. The summed E-state index contributed by atoms with van der Waals surface area (Å²) in [6.45, 7) is 4.26. The van der Waals surface area contributed by atoms with E-state index in [9.17, 15) is 14.0 Å². The van der Waals surface area contributed by atoms with Gasteiger partial charge < -0.3 is 10.2 Å². The van der Waals surface area contributed by atoms with Crippen molar-refractivity contribution in [1.82, 2.24) is 10.2 Å². The molecule has 28 heavy (non-hydrogen) atoms. The normalized spacial score (nSPS) is 11.7. The summed E-state index contributed by atoms with van der Waals surface area (Å²) in [4.78, 5) is 26.7. The van der Waals surface area contributed by atoms with Crippen LogP contribution in [0.15, 0.2) is 48.5 Å². The van der Waals surface area contributed by atoms with Crippen molar-refractivity contribution in [2.45, 2.75) is 32.2 Å². The molecule has 0 heterocycles. The quantitative estimate of drug-likeness (QED) is 0.656. The summed E-state index contributed by atoms with van der Waals surface area (Å²) in [6, 6.07) is 12.8. The molecule has 2 aromatic carbocycles. The Bertz CT molecular complexity index is 801. The van der Waals surface area contributed by atoms with Gasteiger partial charge in [-0.15, -0.1) is 11.8 Å². The molecule has 4 nitrogen and oxygen atoms in total. The highest BCUT2D eigenvalue weighted by molar-refractivity contribution is 7.99. The second-order valence-electron chi connectivity index (χ2n) is 6.30. The van der Waals surface area contributed by atoms with E-state index in [1.807, 2.05) is 31.2 Å². The molecule has 0 spiro atoms. The van der Waals surface area contributed by atoms with Gasteiger partial charge in [0.05, 0.1) is 5.75 Å². The van der Waals surface area contributed by atoms with Gasteiger partial charge in [-0.25, -0.2) is 4.39 Å². The van der Waals surface area contributed by atoms with Crippen LogP contribution in [0.1, 0.15) is 25.0 Å². The zero-order valence-corrected chi connectivity index (χ0v) is 17.5. The van der Waals surface area contributed by atoms with Crippen LogP contribution < -0.4 is 5.32 Å². The molecule has 2 aromatic rings. The monoisotopic (exact) mass is 422 g/mol. The molecule has 0 aliphatic heterocycles. The largest absolute Gasteiger partial charge is 0.355 e. The fraction of sp³-hybridized carbons (Fsp3) is 0.333. The van der Waals surface area contributed by atoms with Gasteiger partial charge in [-0.2, -0.15) is 0 Å². The zero-order chi connectivity index (χ0) is 20.5. The SMILES string of the molecule is CCNC(=O)[C@H](C)N(Cc1ccc(F)cc1)C(=O)CSCc1ccccc1Cl. The van der Waals surface area contributed by atoms with Crippen LogP contribution >= 0.6 is 23.4 Å². The van der Waals surface area contributed by atoms with Gasteiger partial charge in [-0.05, 0) is 43.2 Å². The van der Waals surface area contributed by atoms with Crippen molar-refractivity contribution < 1.29 is 14.0 Å². The lowest BCUT2D eigenvalue weighted by atomic mass is 10.1. The van der Waals surface area contributed by atoms with Crippen LogP contribution in [0.25, 0.3) is 0 Å². The summed E-state index contributed by atoms with van der Waals surface area (Å²) in [7, 11) is 0. The number of carbonyl (C=O) groups is 2. The van der Waals surface area contributed by atoms with Crippen molar-refractivity contribution in [2.75, 3.05) is 12.3 Å². The maximum atomic E-state index is 13.2. The maximum Gasteiger partial charge on any atom is 0.242 e. The van der Waals surface area contributed by atoms with E-state index in [1.54, 1.807) is 19.1 Å². The molecule has 2 amide bonds. The van der Waals surface area contributed by atoms with Gasteiger partial charge in [-0.1, -0.05) is 41.9 Å². The zero-order valence-electron chi connectivity index (χ0n) is 16.0. The molecule has 150 valence electrons. The molecule has 0 unspecified atom stereocenters. The van der Waals surface area contributed by atoms with Crippen LogP contribution in [0.4, 0.5) is 4.39 Å². The van der Waals surface area contributed by atoms with Crippen LogP contribution in [0.3, 0.4) is 0 Å². The first-order valence-corrected chi connectivity index (χ1v) is 10.6. The van der Waals surface area contributed by atoms with E-state index in [2.05, 4.69) is 5.32 Å². The highest BCUT2D eigenvalue weighted by atomic mass is 35.5. The molecule has 0 radical (unpaired) electrons. The maximum absolute atomic E-state index is 13.2. The number of nitrogens with zero attached hydrogens (tertiary/aromatic N) is 1. The topological polar surface area (TPSA) is 49.4 Å². The number of nitrogens with one attached hydrogen (secondary N) is 1. The lowest BCUT2D eigenvalue weighted by Gasteiger charge is -2.28. The Morgan fingerprint density at radius 1 is 1.18 bits per heavy atom. The van der Waals surface area contributed by atoms with Gasteiger partial charge in [0.1, 0.15) is 11.9 Å². The van der Waals surface area contributed by atoms with E-state index < -0.39 is 6.04 Å². The Labute approximate surface area is 174 Å². The summed E-state index contributed by atoms with van der Waals surface area (Å²) < 4.78 is 13.2. The van der Waals surface area contributed by atoms with Crippen molar-refractivity contribution in [2.24, 2.45) is 0 Å². The number of hydrogen-bond donors (Lipinski definition) is 1. The average Bonchev–Trinajstić information content (AvgIpc) is 2.68. The number of halogens is 2. The minimum Gasteiger partial charge on any atom is -0.355 e. The molecule has 0 aliphatic carbocycles. The minimum absolute atomic E-state index is 0.153. The van der Waals surface area contributed by atoms with Crippen LogP contribution in [0, 0.1) is 5.82 Å². The van der Waals surface area contributed by atoms with Gasteiger partial charge in [0, 0.05) is 23.9 Å². The number of rotatable bonds is 9. The molecular weight excluding hydrogens is 399 g/mol. The first-order valence-electron chi connectivity index (χ1n) is 9.05. The third-order valence-corrected chi connectivity index (χ3v) is 5.56. The van der Waals surface area contributed by atoms with E-state index >= 15 is 0 Å². The second kappa shape index (κ2) is 11.1. The van der Waals surface area contributed by atoms with Crippen LogP contribution in [-0.2, 0) is 21.9 Å². The Kier molecular flexibility index (Phi) is 8.80. The highest BCUT2D eigenvalue weighted by Gasteiger charge is 2.25. The Morgan fingerprint density at radius 2 is 1.86 bits per heavy atom. The van der Waals surface area contributed by atoms with E-state index in [0.717, 1.165) is 11.1 Å². The van der Waals surface area contributed by atoms with Crippen LogP contribution in [-0.4, -0.2) is 35.1 Å². The number of thioether (sulfide) groups is 1. The standard InChI is InChI=1S/C21H24ClFN2O2S/c1-3-24-21(27)15(2)25(12-16-8-10-18(23)11-9-16)20(26)14-28-13-17-6-4-5-7-19(17)22/h4-11,15H,3,12-14H2,1-2H3,(H,24,27)/t15-/m0/s1. The van der Waals surface area contributed by atoms with Crippen molar-refractivity contribution >= 4 is 35.2 Å². The molecule has 1 atom stereocenters. The fourth-order valence-electron chi connectivity index (χ4n) is 2.64. The molecule has 0 bridgehead atoms. The van der Waals surface area contributed by atoms with Crippen LogP contribution in [0.2, 0.25) is 5.02 Å². The minimum atomic E-state index is -0.626. The molecule has 0 saturated carbocycles. The molecule has 0 fully saturated rings. The van der Waals surface area contributed by atoms with E-state index in [4.69, 9.17) is 11.6 Å². The first-order chi connectivity index (χ1) is 13.4. The smallest absolute Gasteiger partial charge is 0.242 e. The molecule has 1 N–H and O–H groups in total. The number of hydrogen-bond acceptors (Lipinski definition) is 3. The van der Waals surface area contributed by atoms with Crippen molar-refractivity contribution in [1.29, 1.82) is 0 Å². The Morgan fingerprint density at radius 3 is 2.50 bits per heavy atom. The fourth-order valence-corrected chi connectivity index (χ4v) is 3.83. The van der Waals surface area contributed by atoms with E-state index in [0.29, 0.717) is 17.3 Å². The number of likely N-dealkylation sites (N-methyl/N-ethyl adjacent to an activating group) is 1. The third-order valence-electron chi connectivity index (χ3n) is 4.23. The molecule has 7 heteroatoms. The van der Waals surface area contributed by atoms with Crippen molar-refractivity contribution in [3.63, 3.8) is 0 Å². The summed E-state index contributed by atoms with van der Waals surface area (Å²) in [5.74, 6) is 0.115. The van der Waals surface area contributed by atoms with Gasteiger partial charge >= 0.3 is 0 Å². The van der Waals surface area contributed by atoms with Gasteiger partial charge in [0.25, 0.3) is 0 Å². The summed E-state index contributed by atoms with van der Waals surface area (Å²) in [5.41, 5.74) is 1.73. The Hall–Kier alpha value is -2.05. The lowest BCUT2D eigenvalue weighted by Crippen LogP contribution is -2.48. The lowest BCUT2D eigenvalue weighted by molar-refractivity contribution is -0.138. The summed E-state index contributed by atoms with van der Waals surface area (Å²) in [5, 5.41) is 3.42. The highest BCUT2D eigenvalue weighted by Crippen LogP contribution is 2.21. The van der Waals surface area contributed by atoms with E-state index in [-0.39, 0.29) is 29.9 Å². The molecule has 0 aliphatic rings. The van der Waals surface area contributed by atoms with Gasteiger partial charge in [0.2, 0.25) is 11.8 Å². The van der Waals surface area contributed by atoms with Crippen molar-refractivity contribution in [3.05, 3.63) is 70.5 Å². The molecule has 0 saturated heterocycles. The summed E-state index contributed by atoms with van der Waals surface area (Å²) in [6.07, 6.45) is 0. The van der Waals surface area contributed by atoms with Crippen LogP contribution in [0.5, 0.6) is 0 Å².